The van der Waals surface area contributed by atoms with Crippen LogP contribution in [-0.4, -0.2) is 20.7 Å². The van der Waals surface area contributed by atoms with E-state index in [9.17, 15) is 0 Å². The summed E-state index contributed by atoms with van der Waals surface area (Å²) in [6.45, 7) is 2.18. The molecule has 0 atom stereocenters. The molecule has 2 heteroatoms. The maximum atomic E-state index is 3.21. The zero-order valence-corrected chi connectivity index (χ0v) is 10.1. The van der Waals surface area contributed by atoms with E-state index in [1.807, 2.05) is 6.07 Å². The van der Waals surface area contributed by atoms with Crippen molar-refractivity contribution >= 4 is 31.2 Å². The van der Waals surface area contributed by atoms with E-state index in [1.54, 1.807) is 11.8 Å². The molecule has 13 heavy (non-hydrogen) atoms. The van der Waals surface area contributed by atoms with E-state index in [-0.39, 0.29) is 0 Å². The van der Waals surface area contributed by atoms with Gasteiger partial charge in [-0.15, -0.1) is 0 Å². The van der Waals surface area contributed by atoms with E-state index in [1.165, 1.54) is 10.9 Å². The van der Waals surface area contributed by atoms with Gasteiger partial charge < -0.3 is 0 Å². The van der Waals surface area contributed by atoms with Gasteiger partial charge >= 0.3 is 90.7 Å². The number of hydrogen-bond acceptors (Lipinski definition) is 1. The van der Waals surface area contributed by atoms with E-state index in [4.69, 9.17) is 0 Å². The number of thioether (sulfide) groups is 1. The SMILES string of the molecule is CCCSC#C[Se]c1ccccc1. The van der Waals surface area contributed by atoms with E-state index in [0.717, 1.165) is 5.75 Å². The molecule has 0 spiro atoms. The Bertz CT molecular complexity index is 284. The van der Waals surface area contributed by atoms with Crippen LogP contribution in [0.2, 0.25) is 0 Å². The van der Waals surface area contributed by atoms with Gasteiger partial charge in [-0.05, 0) is 0 Å². The molecule has 0 aliphatic rings. The summed E-state index contributed by atoms with van der Waals surface area (Å²) in [5.41, 5.74) is 0. The van der Waals surface area contributed by atoms with Gasteiger partial charge in [-0.2, -0.15) is 0 Å². The summed E-state index contributed by atoms with van der Waals surface area (Å²) in [5.74, 6) is 1.15. The number of hydrogen-bond donors (Lipinski definition) is 0. The van der Waals surface area contributed by atoms with Crippen molar-refractivity contribution < 1.29 is 0 Å². The topological polar surface area (TPSA) is 0 Å². The Labute approximate surface area is 90.7 Å². The van der Waals surface area contributed by atoms with Gasteiger partial charge in [0.15, 0.2) is 0 Å². The fourth-order valence-corrected chi connectivity index (χ4v) is 2.65. The predicted octanol–water partition coefficient (Wildman–Crippen LogP) is 2.08. The van der Waals surface area contributed by atoms with Gasteiger partial charge in [-0.25, -0.2) is 0 Å². The molecule has 1 aromatic carbocycles. The van der Waals surface area contributed by atoms with Gasteiger partial charge in [0.1, 0.15) is 0 Å². The quantitative estimate of drug-likeness (QED) is 0.453. The normalized spacial score (nSPS) is 9.00. The van der Waals surface area contributed by atoms with Crippen molar-refractivity contribution in [2.45, 2.75) is 13.3 Å². The molecule has 0 unspecified atom stereocenters. The third kappa shape index (κ3) is 5.05. The van der Waals surface area contributed by atoms with Crippen LogP contribution in [0.4, 0.5) is 0 Å². The van der Waals surface area contributed by atoms with Crippen LogP contribution in [0.25, 0.3) is 0 Å². The zero-order chi connectivity index (χ0) is 9.36. The maximum absolute atomic E-state index is 3.21. The molecule has 1 aromatic rings. The Balaban J connectivity index is 2.29. The van der Waals surface area contributed by atoms with Gasteiger partial charge in [-0.1, -0.05) is 0 Å². The van der Waals surface area contributed by atoms with Crippen LogP contribution in [-0.2, 0) is 0 Å². The van der Waals surface area contributed by atoms with Crippen LogP contribution in [0.3, 0.4) is 0 Å². The van der Waals surface area contributed by atoms with Crippen molar-refractivity contribution in [3.8, 4) is 10.1 Å². The minimum absolute atomic E-state index is 0.335. The van der Waals surface area contributed by atoms with Crippen LogP contribution in [0, 0.1) is 10.1 Å². The second-order valence-electron chi connectivity index (χ2n) is 2.47. The summed E-state index contributed by atoms with van der Waals surface area (Å²) in [6.07, 6.45) is 1.21. The standard InChI is InChI=1S/C11H12SSe/c1-2-8-12-9-10-13-11-6-4-3-5-7-11/h3-7H,2,8H2,1H3. The van der Waals surface area contributed by atoms with Crippen LogP contribution in [0.5, 0.6) is 0 Å². The molecule has 0 heterocycles. The van der Waals surface area contributed by atoms with E-state index < -0.39 is 0 Å². The molecule has 0 amide bonds. The second kappa shape index (κ2) is 7.09. The number of benzene rings is 1. The molecule has 0 N–H and O–H groups in total. The van der Waals surface area contributed by atoms with Gasteiger partial charge in [-0.3, -0.25) is 0 Å². The molecule has 1 rings (SSSR count). The average molecular weight is 255 g/mol. The van der Waals surface area contributed by atoms with E-state index >= 15 is 0 Å². The van der Waals surface area contributed by atoms with Crippen molar-refractivity contribution in [2.24, 2.45) is 0 Å². The first kappa shape index (κ1) is 10.7. The van der Waals surface area contributed by atoms with Crippen molar-refractivity contribution in [2.75, 3.05) is 5.75 Å². The molecule has 0 aliphatic carbocycles. The summed E-state index contributed by atoms with van der Waals surface area (Å²) in [4.78, 5) is 3.21. The van der Waals surface area contributed by atoms with Gasteiger partial charge in [0.25, 0.3) is 0 Å². The first-order valence-corrected chi connectivity index (χ1v) is 6.97. The first-order chi connectivity index (χ1) is 6.43. The molecule has 0 aliphatic heterocycles. The molecule has 0 saturated carbocycles. The number of rotatable bonds is 3. The monoisotopic (exact) mass is 256 g/mol. The molecule has 0 nitrogen and oxygen atoms in total. The van der Waals surface area contributed by atoms with E-state index in [2.05, 4.69) is 41.3 Å². The molecule has 0 saturated heterocycles. The fraction of sp³-hybridized carbons (Fsp3) is 0.273. The Morgan fingerprint density at radius 2 is 2.08 bits per heavy atom. The van der Waals surface area contributed by atoms with Crippen LogP contribution in [0.1, 0.15) is 13.3 Å². The Hall–Kier alpha value is -0.351. The summed E-state index contributed by atoms with van der Waals surface area (Å²) in [5, 5.41) is 3.13. The van der Waals surface area contributed by atoms with Crippen molar-refractivity contribution in [3.63, 3.8) is 0 Å². The summed E-state index contributed by atoms with van der Waals surface area (Å²) < 4.78 is 1.36. The molecule has 68 valence electrons. The van der Waals surface area contributed by atoms with Crippen LogP contribution >= 0.6 is 11.8 Å². The molecular weight excluding hydrogens is 243 g/mol. The molecule has 0 bridgehead atoms. The second-order valence-corrected chi connectivity index (χ2v) is 5.21. The minimum atomic E-state index is 0.335. The van der Waals surface area contributed by atoms with E-state index in [0.29, 0.717) is 15.0 Å². The molecular formula is C11H12SSe. The van der Waals surface area contributed by atoms with Crippen LogP contribution < -0.4 is 4.46 Å². The van der Waals surface area contributed by atoms with Crippen molar-refractivity contribution in [1.29, 1.82) is 0 Å². The van der Waals surface area contributed by atoms with Gasteiger partial charge in [0.05, 0.1) is 0 Å². The molecule has 0 radical (unpaired) electrons. The van der Waals surface area contributed by atoms with Gasteiger partial charge in [0.2, 0.25) is 0 Å². The third-order valence-corrected chi connectivity index (χ3v) is 3.98. The Kier molecular flexibility index (Phi) is 5.85. The van der Waals surface area contributed by atoms with Crippen molar-refractivity contribution in [1.82, 2.24) is 0 Å². The Morgan fingerprint density at radius 1 is 1.31 bits per heavy atom. The Morgan fingerprint density at radius 3 is 2.77 bits per heavy atom. The predicted molar refractivity (Wildman–Crippen MR) is 62.4 cm³/mol. The third-order valence-electron chi connectivity index (χ3n) is 1.33. The van der Waals surface area contributed by atoms with Gasteiger partial charge in [0, 0.05) is 0 Å². The van der Waals surface area contributed by atoms with Crippen LogP contribution in [0.15, 0.2) is 30.3 Å². The summed E-state index contributed by atoms with van der Waals surface area (Å²) in [7, 11) is 0. The average Bonchev–Trinajstić information content (AvgIpc) is 2.19. The zero-order valence-electron chi connectivity index (χ0n) is 7.62. The summed E-state index contributed by atoms with van der Waals surface area (Å²) in [6, 6.07) is 10.5. The fourth-order valence-electron chi connectivity index (χ4n) is 0.751. The van der Waals surface area contributed by atoms with Crippen molar-refractivity contribution in [3.05, 3.63) is 30.3 Å². The molecule has 0 aromatic heterocycles. The summed E-state index contributed by atoms with van der Waals surface area (Å²) >= 11 is 2.06. The molecule has 0 fully saturated rings. The first-order valence-electron chi connectivity index (χ1n) is 4.27.